The van der Waals surface area contributed by atoms with Crippen molar-refractivity contribution in [2.75, 3.05) is 25.5 Å². The molecule has 0 amide bonds. The Balaban J connectivity index is 4.06. The average Bonchev–Trinajstić information content (AvgIpc) is 2.17. The Kier molecular flexibility index (Phi) is 10.3. The van der Waals surface area contributed by atoms with Gasteiger partial charge in [0.1, 0.15) is 14.7 Å². The third-order valence-corrected chi connectivity index (χ3v) is 6.09. The summed E-state index contributed by atoms with van der Waals surface area (Å²) in [7, 11) is -1.03. The molecule has 3 nitrogen and oxygen atoms in total. The van der Waals surface area contributed by atoms with E-state index in [4.69, 9.17) is 15.2 Å². The lowest BCUT2D eigenvalue weighted by Crippen LogP contribution is -2.37. The molecular formula is C9H23NO2SSi. The van der Waals surface area contributed by atoms with E-state index in [1.165, 1.54) is 0 Å². The largest absolute Gasteiger partial charge is 0.357 e. The number of ether oxygens (including phenoxy) is 2. The Morgan fingerprint density at radius 3 is 2.14 bits per heavy atom. The average molecular weight is 237 g/mol. The van der Waals surface area contributed by atoms with Crippen molar-refractivity contribution in [2.24, 2.45) is 5.73 Å². The van der Waals surface area contributed by atoms with Crippen molar-refractivity contribution in [2.45, 2.75) is 31.8 Å². The van der Waals surface area contributed by atoms with Gasteiger partial charge < -0.3 is 15.2 Å². The summed E-state index contributed by atoms with van der Waals surface area (Å²) in [6, 6.07) is 2.20. The van der Waals surface area contributed by atoms with E-state index < -0.39 is 8.80 Å². The lowest BCUT2D eigenvalue weighted by molar-refractivity contribution is -0.0857. The SMILES string of the molecule is CCOC(OCC)[SiH](CCN)CCS. The molecule has 0 aromatic rings. The van der Waals surface area contributed by atoms with E-state index in [0.29, 0.717) is 13.2 Å². The van der Waals surface area contributed by atoms with Crippen molar-refractivity contribution in [1.29, 1.82) is 0 Å². The molecule has 0 heterocycles. The number of hydrogen-bond donors (Lipinski definition) is 2. The number of hydrogen-bond acceptors (Lipinski definition) is 4. The third kappa shape index (κ3) is 6.03. The van der Waals surface area contributed by atoms with Crippen molar-refractivity contribution in [3.05, 3.63) is 0 Å². The molecule has 1 unspecified atom stereocenters. The summed E-state index contributed by atoms with van der Waals surface area (Å²) in [6.07, 6.45) is 0. The highest BCUT2D eigenvalue weighted by Crippen LogP contribution is 2.10. The molecule has 86 valence electrons. The quantitative estimate of drug-likeness (QED) is 0.358. The number of thiol groups is 1. The summed E-state index contributed by atoms with van der Waals surface area (Å²) in [5.74, 6) is 0.939. The van der Waals surface area contributed by atoms with Gasteiger partial charge in [-0.3, -0.25) is 0 Å². The molecule has 0 spiro atoms. The van der Waals surface area contributed by atoms with Gasteiger partial charge in [-0.05, 0) is 38.2 Å². The molecule has 0 rings (SSSR count). The summed E-state index contributed by atoms with van der Waals surface area (Å²) in [4.78, 5) is 0. The fourth-order valence-electron chi connectivity index (χ4n) is 1.45. The van der Waals surface area contributed by atoms with Crippen LogP contribution in [-0.2, 0) is 9.47 Å². The van der Waals surface area contributed by atoms with E-state index in [-0.39, 0.29) is 5.91 Å². The van der Waals surface area contributed by atoms with Crippen molar-refractivity contribution < 1.29 is 9.47 Å². The highest BCUT2D eigenvalue weighted by atomic mass is 32.1. The standard InChI is InChI=1S/C9H23NO2SSi/c1-3-11-9(12-4-2)14(7-5-10)8-6-13/h9,13-14H,3-8,10H2,1-2H3. The number of nitrogens with two attached hydrogens (primary N) is 1. The molecule has 14 heavy (non-hydrogen) atoms. The lowest BCUT2D eigenvalue weighted by Gasteiger charge is -2.24. The van der Waals surface area contributed by atoms with Crippen LogP contribution in [0.4, 0.5) is 0 Å². The van der Waals surface area contributed by atoms with Crippen LogP contribution in [0, 0.1) is 0 Å². The minimum Gasteiger partial charge on any atom is -0.357 e. The van der Waals surface area contributed by atoms with Gasteiger partial charge in [0, 0.05) is 13.2 Å². The van der Waals surface area contributed by atoms with E-state index in [9.17, 15) is 0 Å². The van der Waals surface area contributed by atoms with E-state index in [1.807, 2.05) is 13.8 Å². The van der Waals surface area contributed by atoms with Gasteiger partial charge in [-0.25, -0.2) is 0 Å². The monoisotopic (exact) mass is 237 g/mol. The molecule has 0 aromatic carbocycles. The van der Waals surface area contributed by atoms with Crippen LogP contribution >= 0.6 is 12.6 Å². The van der Waals surface area contributed by atoms with Gasteiger partial charge in [0.15, 0.2) is 0 Å². The molecule has 0 aromatic heterocycles. The highest BCUT2D eigenvalue weighted by molar-refractivity contribution is 7.80. The molecule has 2 N–H and O–H groups in total. The van der Waals surface area contributed by atoms with Crippen molar-refractivity contribution in [3.8, 4) is 0 Å². The van der Waals surface area contributed by atoms with Gasteiger partial charge in [0.05, 0.1) is 0 Å². The molecule has 0 aliphatic heterocycles. The van der Waals surface area contributed by atoms with E-state index >= 15 is 0 Å². The first-order valence-electron chi connectivity index (χ1n) is 5.34. The van der Waals surface area contributed by atoms with Gasteiger partial charge in [-0.2, -0.15) is 12.6 Å². The summed E-state index contributed by atoms with van der Waals surface area (Å²) in [5, 5.41) is 0. The van der Waals surface area contributed by atoms with Gasteiger partial charge in [-0.1, -0.05) is 0 Å². The van der Waals surface area contributed by atoms with Crippen LogP contribution in [-0.4, -0.2) is 40.2 Å². The second kappa shape index (κ2) is 9.98. The highest BCUT2D eigenvalue weighted by Gasteiger charge is 2.22. The Labute approximate surface area is 94.4 Å². The Hall–Kier alpha value is 0.447. The first-order valence-corrected chi connectivity index (χ1v) is 8.27. The molecule has 0 saturated heterocycles. The van der Waals surface area contributed by atoms with Crippen LogP contribution < -0.4 is 5.73 Å². The van der Waals surface area contributed by atoms with E-state index in [1.54, 1.807) is 0 Å². The van der Waals surface area contributed by atoms with Crippen LogP contribution in [0.1, 0.15) is 13.8 Å². The fraction of sp³-hybridized carbons (Fsp3) is 1.00. The van der Waals surface area contributed by atoms with Crippen LogP contribution in [0.15, 0.2) is 0 Å². The maximum absolute atomic E-state index is 5.60. The van der Waals surface area contributed by atoms with Crippen LogP contribution in [0.25, 0.3) is 0 Å². The van der Waals surface area contributed by atoms with Gasteiger partial charge in [0.2, 0.25) is 0 Å². The van der Waals surface area contributed by atoms with E-state index in [2.05, 4.69) is 12.6 Å². The normalized spacial score (nSPS) is 13.5. The fourth-order valence-corrected chi connectivity index (χ4v) is 4.96. The smallest absolute Gasteiger partial charge is 0.138 e. The van der Waals surface area contributed by atoms with Gasteiger partial charge in [-0.15, -0.1) is 0 Å². The molecular weight excluding hydrogens is 214 g/mol. The predicted molar refractivity (Wildman–Crippen MR) is 66.7 cm³/mol. The van der Waals surface area contributed by atoms with Crippen molar-refractivity contribution >= 4 is 21.4 Å². The predicted octanol–water partition coefficient (Wildman–Crippen LogP) is 1.04. The minimum absolute atomic E-state index is 0.0284. The maximum atomic E-state index is 5.60. The molecule has 0 bridgehead atoms. The Morgan fingerprint density at radius 1 is 1.21 bits per heavy atom. The van der Waals surface area contributed by atoms with Gasteiger partial charge in [0.25, 0.3) is 0 Å². The second-order valence-electron chi connectivity index (χ2n) is 3.13. The van der Waals surface area contributed by atoms with Crippen molar-refractivity contribution in [3.63, 3.8) is 0 Å². The van der Waals surface area contributed by atoms with Gasteiger partial charge >= 0.3 is 0 Å². The van der Waals surface area contributed by atoms with E-state index in [0.717, 1.165) is 24.4 Å². The zero-order valence-corrected chi connectivity index (χ0v) is 11.3. The molecule has 0 fully saturated rings. The Morgan fingerprint density at radius 2 is 1.79 bits per heavy atom. The summed E-state index contributed by atoms with van der Waals surface area (Å²) >= 11 is 4.27. The molecule has 1 atom stereocenters. The Bertz CT molecular complexity index is 103. The summed E-state index contributed by atoms with van der Waals surface area (Å²) < 4.78 is 11.2. The second-order valence-corrected chi connectivity index (χ2v) is 6.80. The molecule has 0 aliphatic carbocycles. The van der Waals surface area contributed by atoms with Crippen molar-refractivity contribution in [1.82, 2.24) is 0 Å². The van der Waals surface area contributed by atoms with Crippen LogP contribution in [0.5, 0.6) is 0 Å². The zero-order valence-electron chi connectivity index (χ0n) is 9.24. The first kappa shape index (κ1) is 14.4. The summed E-state index contributed by atoms with van der Waals surface area (Å²) in [6.45, 7) is 6.17. The lowest BCUT2D eigenvalue weighted by atomic mass is 10.8. The van der Waals surface area contributed by atoms with Crippen LogP contribution in [0.3, 0.4) is 0 Å². The van der Waals surface area contributed by atoms with Crippen LogP contribution in [0.2, 0.25) is 12.1 Å². The molecule has 0 saturated carbocycles. The number of rotatable bonds is 9. The minimum atomic E-state index is -1.03. The maximum Gasteiger partial charge on any atom is 0.138 e. The molecule has 5 heteroatoms. The topological polar surface area (TPSA) is 44.5 Å². The molecule has 0 aliphatic rings. The third-order valence-electron chi connectivity index (χ3n) is 2.08. The molecule has 0 radical (unpaired) electrons. The summed E-state index contributed by atoms with van der Waals surface area (Å²) in [5.41, 5.74) is 5.59. The zero-order chi connectivity index (χ0) is 10.8. The first-order chi connectivity index (χ1) is 6.79.